The Morgan fingerprint density at radius 1 is 1.18 bits per heavy atom. The first-order valence-corrected chi connectivity index (χ1v) is 7.04. The molecular weight excluding hydrogens is 290 g/mol. The molecule has 5 N–H and O–H groups in total. The van der Waals surface area contributed by atoms with E-state index in [2.05, 4.69) is 5.32 Å². The highest BCUT2D eigenvalue weighted by Gasteiger charge is 2.24. The van der Waals surface area contributed by atoms with Gasteiger partial charge in [0, 0.05) is 12.2 Å². The minimum atomic E-state index is -1.21. The summed E-state index contributed by atoms with van der Waals surface area (Å²) >= 11 is 0. The Labute approximate surface area is 128 Å². The second kappa shape index (κ2) is 8.99. The Balaban J connectivity index is 2.62. The average Bonchev–Trinajstić information content (AvgIpc) is 2.48. The van der Waals surface area contributed by atoms with Crippen LogP contribution < -0.4 is 11.1 Å². The lowest BCUT2D eigenvalue weighted by Gasteiger charge is -2.15. The largest absolute Gasteiger partial charge is 0.481 e. The van der Waals surface area contributed by atoms with E-state index in [-0.39, 0.29) is 19.5 Å². The van der Waals surface area contributed by atoms with Crippen LogP contribution in [0.2, 0.25) is 0 Å². The Morgan fingerprint density at radius 2 is 1.82 bits per heavy atom. The molecule has 0 fully saturated rings. The van der Waals surface area contributed by atoms with Crippen LogP contribution in [0.3, 0.4) is 0 Å². The van der Waals surface area contributed by atoms with Gasteiger partial charge in [0.15, 0.2) is 0 Å². The molecule has 6 nitrogen and oxygen atoms in total. The van der Waals surface area contributed by atoms with Gasteiger partial charge in [-0.15, -0.1) is 0 Å². The van der Waals surface area contributed by atoms with Crippen molar-refractivity contribution < 1.29 is 24.2 Å². The third kappa shape index (κ3) is 6.09. The molecule has 22 heavy (non-hydrogen) atoms. The van der Waals surface area contributed by atoms with Crippen LogP contribution in [0.1, 0.15) is 18.4 Å². The van der Waals surface area contributed by atoms with Gasteiger partial charge in [-0.2, -0.15) is 0 Å². The normalized spacial score (nSPS) is 13.4. The van der Waals surface area contributed by atoms with Crippen molar-refractivity contribution in [2.24, 2.45) is 11.7 Å². The summed E-state index contributed by atoms with van der Waals surface area (Å²) in [7, 11) is 0. The molecule has 1 aromatic carbocycles. The fourth-order valence-electron chi connectivity index (χ4n) is 2.02. The van der Waals surface area contributed by atoms with Gasteiger partial charge in [0.05, 0.1) is 12.6 Å². The zero-order valence-corrected chi connectivity index (χ0v) is 12.2. The van der Waals surface area contributed by atoms with Gasteiger partial charge >= 0.3 is 11.9 Å². The van der Waals surface area contributed by atoms with Crippen LogP contribution in [0.4, 0.5) is 10.1 Å². The summed E-state index contributed by atoms with van der Waals surface area (Å²) in [5, 5.41) is 21.0. The number of anilines is 1. The monoisotopic (exact) mass is 311 g/mol. The van der Waals surface area contributed by atoms with Crippen LogP contribution in [0.15, 0.2) is 24.3 Å². The maximum Gasteiger partial charge on any atom is 0.320 e. The second-order valence-corrected chi connectivity index (χ2v) is 5.09. The van der Waals surface area contributed by atoms with E-state index < -0.39 is 23.9 Å². The Hall–Kier alpha value is -2.15. The van der Waals surface area contributed by atoms with Crippen LogP contribution >= 0.6 is 0 Å². The predicted molar refractivity (Wildman–Crippen MR) is 80.6 cm³/mol. The van der Waals surface area contributed by atoms with Crippen molar-refractivity contribution in [1.29, 1.82) is 0 Å². The molecule has 0 amide bonds. The molecule has 0 bridgehead atoms. The van der Waals surface area contributed by atoms with Crippen LogP contribution in [0, 0.1) is 5.92 Å². The third-order valence-corrected chi connectivity index (χ3v) is 3.28. The van der Waals surface area contributed by atoms with E-state index in [0.717, 1.165) is 11.3 Å². The minimum Gasteiger partial charge on any atom is -0.481 e. The number of alkyl halides is 1. The smallest absolute Gasteiger partial charge is 0.320 e. The van der Waals surface area contributed by atoms with E-state index in [1.165, 1.54) is 0 Å². The molecule has 0 radical (unpaired) electrons. The molecule has 0 aliphatic rings. The van der Waals surface area contributed by atoms with Crippen molar-refractivity contribution in [3.63, 3.8) is 0 Å². The first kappa shape index (κ1) is 17.9. The van der Waals surface area contributed by atoms with E-state index in [1.54, 1.807) is 24.3 Å². The lowest BCUT2D eigenvalue weighted by atomic mass is 9.93. The zero-order chi connectivity index (χ0) is 16.5. The van der Waals surface area contributed by atoms with Gasteiger partial charge in [-0.3, -0.25) is 14.0 Å². The molecule has 0 spiro atoms. The highest BCUT2D eigenvalue weighted by Crippen LogP contribution is 2.17. The van der Waals surface area contributed by atoms with Gasteiger partial charge < -0.3 is 21.3 Å². The number of nitrogens with two attached hydrogens (primary N) is 1. The third-order valence-electron chi connectivity index (χ3n) is 3.28. The summed E-state index contributed by atoms with van der Waals surface area (Å²) in [6, 6.07) is 5.90. The molecule has 1 unspecified atom stereocenters. The topological polar surface area (TPSA) is 113 Å². The van der Waals surface area contributed by atoms with Crippen molar-refractivity contribution >= 4 is 17.6 Å². The standard InChI is InChI=1S/C15H21FN2O4/c16-6-1-7-18-12-4-2-10(3-5-12)8-11(14(19)20)9-13(17)15(21)22/h2-5,11,13,18H,1,6-9,17H2,(H,19,20)(H,21,22)/t11?,13-/m0/s1/i16-1. The SMILES string of the molecule is N[C@@H](CC(Cc1ccc(NCCC[18F])cc1)C(=O)O)C(=O)O. The molecule has 0 aromatic heterocycles. The number of nitrogens with one attached hydrogen (secondary N) is 1. The fraction of sp³-hybridized carbons (Fsp3) is 0.467. The average molecular weight is 311 g/mol. The number of rotatable bonds is 10. The molecule has 0 aliphatic carbocycles. The van der Waals surface area contributed by atoms with Crippen molar-refractivity contribution in [2.75, 3.05) is 18.5 Å². The molecule has 122 valence electrons. The maximum atomic E-state index is 12.0. The van der Waals surface area contributed by atoms with Crippen LogP contribution in [-0.2, 0) is 16.0 Å². The van der Waals surface area contributed by atoms with Crippen LogP contribution in [0.25, 0.3) is 0 Å². The molecule has 1 rings (SSSR count). The lowest BCUT2D eigenvalue weighted by molar-refractivity contribution is -0.143. The molecule has 0 saturated heterocycles. The number of hydrogen-bond donors (Lipinski definition) is 4. The predicted octanol–water partition coefficient (Wildman–Crippen LogP) is 1.50. The van der Waals surface area contributed by atoms with Gasteiger partial charge in [-0.05, 0) is 37.0 Å². The summed E-state index contributed by atoms with van der Waals surface area (Å²) in [4.78, 5) is 21.9. The van der Waals surface area contributed by atoms with Crippen molar-refractivity contribution in [3.8, 4) is 0 Å². The second-order valence-electron chi connectivity index (χ2n) is 5.09. The van der Waals surface area contributed by atoms with Gasteiger partial charge in [0.2, 0.25) is 0 Å². The summed E-state index contributed by atoms with van der Waals surface area (Å²) < 4.78 is 12.0. The quantitative estimate of drug-likeness (QED) is 0.487. The highest BCUT2D eigenvalue weighted by molar-refractivity contribution is 5.76. The molecule has 0 heterocycles. The summed E-state index contributed by atoms with van der Waals surface area (Å²) in [5.41, 5.74) is 7.00. The Kier molecular flexibility index (Phi) is 7.31. The number of carboxylic acid groups (broad SMARTS) is 2. The van der Waals surface area contributed by atoms with Gasteiger partial charge in [0.1, 0.15) is 6.04 Å². The number of aliphatic carboxylic acids is 2. The lowest BCUT2D eigenvalue weighted by Crippen LogP contribution is -2.35. The number of hydrogen-bond acceptors (Lipinski definition) is 4. The summed E-state index contributed by atoms with van der Waals surface area (Å²) in [5.74, 6) is -3.13. The van der Waals surface area contributed by atoms with Gasteiger partial charge in [-0.1, -0.05) is 12.1 Å². The Bertz CT molecular complexity index is 493. The molecule has 0 aliphatic heterocycles. The van der Waals surface area contributed by atoms with E-state index in [4.69, 9.17) is 15.9 Å². The van der Waals surface area contributed by atoms with Crippen LogP contribution in [0.5, 0.6) is 0 Å². The zero-order valence-electron chi connectivity index (χ0n) is 12.2. The molecular formula is C15H21FN2O4. The molecule has 7 heteroatoms. The van der Waals surface area contributed by atoms with E-state index in [0.29, 0.717) is 13.0 Å². The molecule has 1 aromatic rings. The van der Waals surface area contributed by atoms with Crippen molar-refractivity contribution in [1.82, 2.24) is 0 Å². The number of halogens is 1. The van der Waals surface area contributed by atoms with E-state index in [1.807, 2.05) is 0 Å². The first-order valence-electron chi connectivity index (χ1n) is 7.04. The number of carbonyl (C=O) groups is 2. The fourth-order valence-corrected chi connectivity index (χ4v) is 2.02. The maximum absolute atomic E-state index is 12.0. The number of benzene rings is 1. The van der Waals surface area contributed by atoms with Crippen LogP contribution in [-0.4, -0.2) is 41.4 Å². The van der Waals surface area contributed by atoms with E-state index >= 15 is 0 Å². The van der Waals surface area contributed by atoms with Gasteiger partial charge in [-0.25, -0.2) is 0 Å². The summed E-state index contributed by atoms with van der Waals surface area (Å²) in [6.07, 6.45) is 0.512. The first-order chi connectivity index (χ1) is 10.4. The van der Waals surface area contributed by atoms with E-state index in [9.17, 15) is 14.0 Å². The van der Waals surface area contributed by atoms with Gasteiger partial charge in [0.25, 0.3) is 0 Å². The molecule has 2 atom stereocenters. The molecule has 0 saturated carbocycles. The minimum absolute atomic E-state index is 0.124. The van der Waals surface area contributed by atoms with Crippen molar-refractivity contribution in [2.45, 2.75) is 25.3 Å². The Morgan fingerprint density at radius 3 is 2.32 bits per heavy atom. The van der Waals surface area contributed by atoms with Crippen molar-refractivity contribution in [3.05, 3.63) is 29.8 Å². The number of carboxylic acids is 2. The summed E-state index contributed by atoms with van der Waals surface area (Å²) in [6.45, 7) is 0.149. The highest BCUT2D eigenvalue weighted by atomic mass is 18.2.